The maximum Gasteiger partial charge on any atom is 0.241 e. The second-order valence-corrected chi connectivity index (χ2v) is 6.54. The third-order valence-electron chi connectivity index (χ3n) is 3.18. The number of thiophene rings is 1. The molecule has 3 heterocycles. The number of aromatic nitrogens is 3. The fourth-order valence-corrected chi connectivity index (χ4v) is 3.18. The summed E-state index contributed by atoms with van der Waals surface area (Å²) in [5.74, 6) is 1.11. The van der Waals surface area contributed by atoms with Crippen LogP contribution < -0.4 is 0 Å². The molecule has 0 saturated heterocycles. The van der Waals surface area contributed by atoms with E-state index in [-0.39, 0.29) is 0 Å². The molecule has 0 N–H and O–H groups in total. The Kier molecular flexibility index (Phi) is 4.82. The molecular formula is C15H15ClN4OS. The molecule has 114 valence electrons. The van der Waals surface area contributed by atoms with Gasteiger partial charge in [-0.1, -0.05) is 29.7 Å². The molecule has 0 bridgehead atoms. The third-order valence-corrected chi connectivity index (χ3v) is 4.39. The molecule has 5 nitrogen and oxygen atoms in total. The fraction of sp³-hybridized carbons (Fsp3) is 0.267. The Hall–Kier alpha value is -1.76. The zero-order valence-electron chi connectivity index (χ0n) is 12.1. The van der Waals surface area contributed by atoms with Gasteiger partial charge in [-0.3, -0.25) is 9.88 Å². The number of hydrogen-bond donors (Lipinski definition) is 0. The molecule has 0 saturated carbocycles. The molecule has 3 rings (SSSR count). The third kappa shape index (κ3) is 3.71. The first-order valence-corrected chi connectivity index (χ1v) is 8.14. The molecule has 3 aromatic heterocycles. The summed E-state index contributed by atoms with van der Waals surface area (Å²) in [5, 5.41) is 3.99. The van der Waals surface area contributed by atoms with E-state index in [1.54, 1.807) is 17.5 Å². The van der Waals surface area contributed by atoms with E-state index in [2.05, 4.69) is 26.9 Å². The van der Waals surface area contributed by atoms with E-state index in [4.69, 9.17) is 16.1 Å². The van der Waals surface area contributed by atoms with Crippen LogP contribution in [0.1, 0.15) is 17.7 Å². The number of hydrogen-bond acceptors (Lipinski definition) is 6. The molecular weight excluding hydrogens is 320 g/mol. The van der Waals surface area contributed by atoms with Crippen molar-refractivity contribution in [3.8, 4) is 11.5 Å². The van der Waals surface area contributed by atoms with E-state index in [0.717, 1.165) is 17.4 Å². The van der Waals surface area contributed by atoms with Crippen LogP contribution in [0, 0.1) is 0 Å². The van der Waals surface area contributed by atoms with E-state index in [0.29, 0.717) is 24.0 Å². The van der Waals surface area contributed by atoms with Gasteiger partial charge in [0, 0.05) is 17.6 Å². The predicted molar refractivity (Wildman–Crippen MR) is 86.6 cm³/mol. The Balaban J connectivity index is 1.68. The molecule has 0 aromatic carbocycles. The molecule has 7 heteroatoms. The smallest absolute Gasteiger partial charge is 0.241 e. The zero-order chi connectivity index (χ0) is 15.4. The summed E-state index contributed by atoms with van der Waals surface area (Å²) >= 11 is 7.56. The average molecular weight is 335 g/mol. The van der Waals surface area contributed by atoms with Crippen LogP contribution >= 0.6 is 22.9 Å². The summed E-state index contributed by atoms with van der Waals surface area (Å²) in [6, 6.07) is 9.58. The number of nitrogens with zero attached hydrogens (tertiary/aromatic N) is 4. The van der Waals surface area contributed by atoms with Crippen molar-refractivity contribution in [3.05, 3.63) is 51.6 Å². The summed E-state index contributed by atoms with van der Waals surface area (Å²) < 4.78 is 6.14. The van der Waals surface area contributed by atoms with Crippen LogP contribution in [0.2, 0.25) is 4.34 Å². The van der Waals surface area contributed by atoms with E-state index in [9.17, 15) is 0 Å². The highest BCUT2D eigenvalue weighted by Gasteiger charge is 2.13. The average Bonchev–Trinajstić information content (AvgIpc) is 3.17. The molecule has 0 radical (unpaired) electrons. The van der Waals surface area contributed by atoms with Crippen LogP contribution in [-0.2, 0) is 13.1 Å². The van der Waals surface area contributed by atoms with E-state index in [1.807, 2.05) is 30.3 Å². The van der Waals surface area contributed by atoms with Crippen LogP contribution in [0.3, 0.4) is 0 Å². The van der Waals surface area contributed by atoms with Gasteiger partial charge in [0.25, 0.3) is 0 Å². The Labute approximate surface area is 137 Å². The monoisotopic (exact) mass is 334 g/mol. The zero-order valence-corrected chi connectivity index (χ0v) is 13.6. The van der Waals surface area contributed by atoms with Gasteiger partial charge in [-0.25, -0.2) is 0 Å². The normalized spacial score (nSPS) is 11.2. The van der Waals surface area contributed by atoms with Crippen LogP contribution in [0.25, 0.3) is 11.5 Å². The van der Waals surface area contributed by atoms with Crippen molar-refractivity contribution in [1.29, 1.82) is 0 Å². The van der Waals surface area contributed by atoms with Gasteiger partial charge in [0.15, 0.2) is 0 Å². The van der Waals surface area contributed by atoms with Crippen molar-refractivity contribution in [3.63, 3.8) is 0 Å². The van der Waals surface area contributed by atoms with Gasteiger partial charge in [-0.05, 0) is 30.8 Å². The first-order valence-electron chi connectivity index (χ1n) is 6.95. The minimum absolute atomic E-state index is 0.519. The van der Waals surface area contributed by atoms with Crippen molar-refractivity contribution in [2.75, 3.05) is 6.54 Å². The van der Waals surface area contributed by atoms with Crippen LogP contribution in [0.4, 0.5) is 0 Å². The van der Waals surface area contributed by atoms with Gasteiger partial charge in [-0.15, -0.1) is 11.3 Å². The summed E-state index contributed by atoms with van der Waals surface area (Å²) in [6.45, 7) is 4.41. The van der Waals surface area contributed by atoms with Crippen molar-refractivity contribution in [2.45, 2.75) is 20.0 Å². The summed E-state index contributed by atoms with van der Waals surface area (Å²) in [4.78, 5) is 12.1. The van der Waals surface area contributed by atoms with E-state index in [1.165, 1.54) is 4.88 Å². The summed E-state index contributed by atoms with van der Waals surface area (Å²) in [7, 11) is 0. The van der Waals surface area contributed by atoms with Gasteiger partial charge in [0.1, 0.15) is 5.69 Å². The molecule has 0 aliphatic rings. The molecule has 0 fully saturated rings. The topological polar surface area (TPSA) is 55.1 Å². The van der Waals surface area contributed by atoms with Crippen LogP contribution in [0.15, 0.2) is 41.1 Å². The molecule has 3 aromatic rings. The molecule has 0 aliphatic carbocycles. The summed E-state index contributed by atoms with van der Waals surface area (Å²) in [5.41, 5.74) is 0.714. The number of halogens is 1. The highest BCUT2D eigenvalue weighted by molar-refractivity contribution is 7.16. The molecule has 22 heavy (non-hydrogen) atoms. The number of pyridine rings is 1. The maximum absolute atomic E-state index is 5.97. The Morgan fingerprint density at radius 2 is 2.14 bits per heavy atom. The lowest BCUT2D eigenvalue weighted by atomic mass is 10.3. The van der Waals surface area contributed by atoms with Gasteiger partial charge in [-0.2, -0.15) is 4.98 Å². The summed E-state index contributed by atoms with van der Waals surface area (Å²) in [6.07, 6.45) is 1.71. The first-order chi connectivity index (χ1) is 10.7. The SMILES string of the molecule is CCN(Cc1nc(-c2ccccn2)no1)Cc1ccc(Cl)s1. The van der Waals surface area contributed by atoms with Crippen molar-refractivity contribution < 1.29 is 4.52 Å². The van der Waals surface area contributed by atoms with Crippen molar-refractivity contribution in [2.24, 2.45) is 0 Å². The lowest BCUT2D eigenvalue weighted by Crippen LogP contribution is -2.21. The lowest BCUT2D eigenvalue weighted by molar-refractivity contribution is 0.230. The quantitative estimate of drug-likeness (QED) is 0.685. The fourth-order valence-electron chi connectivity index (χ4n) is 2.05. The molecule has 0 atom stereocenters. The second kappa shape index (κ2) is 7.00. The predicted octanol–water partition coefficient (Wildman–Crippen LogP) is 3.87. The maximum atomic E-state index is 5.97. The number of rotatable bonds is 6. The minimum atomic E-state index is 0.519. The molecule has 0 unspecified atom stereocenters. The lowest BCUT2D eigenvalue weighted by Gasteiger charge is -2.16. The second-order valence-electron chi connectivity index (χ2n) is 4.74. The first kappa shape index (κ1) is 15.1. The van der Waals surface area contributed by atoms with Crippen LogP contribution in [-0.4, -0.2) is 26.6 Å². The van der Waals surface area contributed by atoms with Gasteiger partial charge >= 0.3 is 0 Å². The minimum Gasteiger partial charge on any atom is -0.337 e. The van der Waals surface area contributed by atoms with E-state index < -0.39 is 0 Å². The highest BCUT2D eigenvalue weighted by Crippen LogP contribution is 2.23. The van der Waals surface area contributed by atoms with Crippen molar-refractivity contribution in [1.82, 2.24) is 20.0 Å². The molecule has 0 amide bonds. The highest BCUT2D eigenvalue weighted by atomic mass is 35.5. The van der Waals surface area contributed by atoms with E-state index >= 15 is 0 Å². The molecule has 0 spiro atoms. The van der Waals surface area contributed by atoms with Gasteiger partial charge in [0.05, 0.1) is 10.9 Å². The van der Waals surface area contributed by atoms with Crippen molar-refractivity contribution >= 4 is 22.9 Å². The Morgan fingerprint density at radius 1 is 1.23 bits per heavy atom. The molecule has 0 aliphatic heterocycles. The van der Waals surface area contributed by atoms with Gasteiger partial charge in [0.2, 0.25) is 11.7 Å². The van der Waals surface area contributed by atoms with Gasteiger partial charge < -0.3 is 4.52 Å². The Bertz CT molecular complexity index is 728. The largest absolute Gasteiger partial charge is 0.337 e. The Morgan fingerprint density at radius 3 is 2.82 bits per heavy atom. The standard InChI is InChI=1S/C15H15ClN4OS/c1-2-20(9-11-6-7-13(16)22-11)10-14-18-15(19-21-14)12-5-3-4-8-17-12/h3-8H,2,9-10H2,1H3. The van der Waals surface area contributed by atoms with Crippen LogP contribution in [0.5, 0.6) is 0 Å².